The SMILES string of the molecule is Cc1cc([C@H]2CC[C@H]3[C@@H]4CCC5C[C@](C)(O)CC[C@]5(C)C4CC[C@]23C)no1. The molecule has 0 spiro atoms. The minimum atomic E-state index is -0.427. The molecule has 8 atom stereocenters. The fourth-order valence-corrected chi connectivity index (χ4v) is 8.47. The van der Waals surface area contributed by atoms with Crippen LogP contribution in [0.4, 0.5) is 0 Å². The largest absolute Gasteiger partial charge is 0.390 e. The molecule has 5 rings (SSSR count). The number of aliphatic hydroxyl groups is 1. The summed E-state index contributed by atoms with van der Waals surface area (Å²) in [7, 11) is 0. The smallest absolute Gasteiger partial charge is 0.133 e. The first-order valence-electron chi connectivity index (χ1n) is 11.4. The summed E-state index contributed by atoms with van der Waals surface area (Å²) in [6.45, 7) is 9.23. The number of hydrogen-bond donors (Lipinski definition) is 1. The van der Waals surface area contributed by atoms with E-state index < -0.39 is 5.60 Å². The molecule has 1 aromatic rings. The molecule has 4 aliphatic carbocycles. The van der Waals surface area contributed by atoms with Crippen LogP contribution >= 0.6 is 0 Å². The van der Waals surface area contributed by atoms with Crippen molar-refractivity contribution >= 4 is 0 Å². The second-order valence-electron chi connectivity index (χ2n) is 11.4. The van der Waals surface area contributed by atoms with Crippen LogP contribution in [-0.4, -0.2) is 15.9 Å². The van der Waals surface area contributed by atoms with Gasteiger partial charge >= 0.3 is 0 Å². The summed E-state index contributed by atoms with van der Waals surface area (Å²) in [6, 6.07) is 2.19. The minimum absolute atomic E-state index is 0.397. The number of aromatic nitrogens is 1. The van der Waals surface area contributed by atoms with Gasteiger partial charge in [0.15, 0.2) is 0 Å². The molecule has 0 saturated heterocycles. The van der Waals surface area contributed by atoms with E-state index in [9.17, 15) is 5.11 Å². The van der Waals surface area contributed by atoms with Gasteiger partial charge in [-0.1, -0.05) is 19.0 Å². The molecule has 4 fully saturated rings. The molecule has 1 aromatic heterocycles. The zero-order valence-corrected chi connectivity index (χ0v) is 17.6. The van der Waals surface area contributed by atoms with Gasteiger partial charge in [-0.25, -0.2) is 0 Å². The Morgan fingerprint density at radius 2 is 1.74 bits per heavy atom. The first-order chi connectivity index (χ1) is 12.7. The van der Waals surface area contributed by atoms with Gasteiger partial charge in [0.25, 0.3) is 0 Å². The van der Waals surface area contributed by atoms with Gasteiger partial charge < -0.3 is 9.63 Å². The predicted molar refractivity (Wildman–Crippen MR) is 106 cm³/mol. The summed E-state index contributed by atoms with van der Waals surface area (Å²) in [6.07, 6.45) is 11.3. The molecule has 0 radical (unpaired) electrons. The highest BCUT2D eigenvalue weighted by molar-refractivity contribution is 5.20. The van der Waals surface area contributed by atoms with Crippen molar-refractivity contribution in [2.75, 3.05) is 0 Å². The summed E-state index contributed by atoms with van der Waals surface area (Å²) >= 11 is 0. The number of fused-ring (bicyclic) bond motifs is 5. The van der Waals surface area contributed by atoms with Crippen molar-refractivity contribution in [3.05, 3.63) is 17.5 Å². The third-order valence-electron chi connectivity index (χ3n) is 9.96. The van der Waals surface area contributed by atoms with Gasteiger partial charge in [0.05, 0.1) is 11.3 Å². The monoisotopic (exact) mass is 371 g/mol. The third-order valence-corrected chi connectivity index (χ3v) is 9.96. The summed E-state index contributed by atoms with van der Waals surface area (Å²) in [5.41, 5.74) is 1.64. The van der Waals surface area contributed by atoms with E-state index in [0.717, 1.165) is 42.3 Å². The van der Waals surface area contributed by atoms with Crippen molar-refractivity contribution in [1.29, 1.82) is 0 Å². The van der Waals surface area contributed by atoms with Crippen molar-refractivity contribution in [2.45, 2.75) is 97.0 Å². The van der Waals surface area contributed by atoms with Crippen LogP contribution in [0.15, 0.2) is 10.6 Å². The molecule has 1 N–H and O–H groups in total. The highest BCUT2D eigenvalue weighted by atomic mass is 16.5. The maximum Gasteiger partial charge on any atom is 0.133 e. The molecule has 1 heterocycles. The van der Waals surface area contributed by atoms with Crippen LogP contribution in [0.5, 0.6) is 0 Å². The zero-order valence-electron chi connectivity index (χ0n) is 17.6. The maximum absolute atomic E-state index is 10.7. The quantitative estimate of drug-likeness (QED) is 0.672. The molecule has 0 bridgehead atoms. The summed E-state index contributed by atoms with van der Waals surface area (Å²) in [5, 5.41) is 15.1. The van der Waals surface area contributed by atoms with Gasteiger partial charge in [-0.15, -0.1) is 0 Å². The summed E-state index contributed by atoms with van der Waals surface area (Å²) in [4.78, 5) is 0. The standard InChI is InChI=1S/C24H37NO2/c1-15-13-21(25-27-15)20-8-7-18-17-6-5-16-14-22(2,26)11-12-23(16,3)19(17)9-10-24(18,20)4/h13,16-20,26H,5-12,14H2,1-4H3/t16?,17-,18-,19?,20+,22+,23-,24-/m0/s1. The lowest BCUT2D eigenvalue weighted by atomic mass is 9.44. The van der Waals surface area contributed by atoms with Crippen molar-refractivity contribution < 1.29 is 9.63 Å². The molecule has 27 heavy (non-hydrogen) atoms. The van der Waals surface area contributed by atoms with Crippen LogP contribution in [0.3, 0.4) is 0 Å². The lowest BCUT2D eigenvalue weighted by Crippen LogP contribution is -2.55. The van der Waals surface area contributed by atoms with Crippen molar-refractivity contribution in [3.8, 4) is 0 Å². The molecule has 3 heteroatoms. The lowest BCUT2D eigenvalue weighted by Gasteiger charge is -2.61. The second kappa shape index (κ2) is 5.84. The first kappa shape index (κ1) is 18.2. The van der Waals surface area contributed by atoms with E-state index in [2.05, 4.69) is 32.0 Å². The van der Waals surface area contributed by atoms with E-state index >= 15 is 0 Å². The highest BCUT2D eigenvalue weighted by Gasteiger charge is 2.61. The second-order valence-corrected chi connectivity index (χ2v) is 11.4. The molecule has 4 aliphatic rings. The van der Waals surface area contributed by atoms with E-state index in [1.54, 1.807) is 0 Å². The number of rotatable bonds is 1. The Labute approximate surface area is 164 Å². The van der Waals surface area contributed by atoms with Crippen LogP contribution in [0.2, 0.25) is 0 Å². The summed E-state index contributed by atoms with van der Waals surface area (Å²) in [5.74, 6) is 4.85. The molecule has 0 aromatic carbocycles. The van der Waals surface area contributed by atoms with Crippen LogP contribution in [-0.2, 0) is 0 Å². The molecule has 3 nitrogen and oxygen atoms in total. The van der Waals surface area contributed by atoms with Crippen LogP contribution in [0.1, 0.15) is 95.9 Å². The Bertz CT molecular complexity index is 724. The van der Waals surface area contributed by atoms with Gasteiger partial charge in [0, 0.05) is 12.0 Å². The van der Waals surface area contributed by atoms with E-state index in [-0.39, 0.29) is 0 Å². The predicted octanol–water partition coefficient (Wildman–Crippen LogP) is 5.86. The average Bonchev–Trinajstić information content (AvgIpc) is 3.18. The van der Waals surface area contributed by atoms with Gasteiger partial charge in [0.2, 0.25) is 0 Å². The number of hydrogen-bond acceptors (Lipinski definition) is 3. The van der Waals surface area contributed by atoms with Gasteiger partial charge in [-0.3, -0.25) is 0 Å². The highest BCUT2D eigenvalue weighted by Crippen LogP contribution is 2.69. The topological polar surface area (TPSA) is 46.3 Å². The Kier molecular flexibility index (Phi) is 3.94. The minimum Gasteiger partial charge on any atom is -0.390 e. The molecule has 4 saturated carbocycles. The molecule has 0 amide bonds. The maximum atomic E-state index is 10.7. The average molecular weight is 372 g/mol. The van der Waals surface area contributed by atoms with Gasteiger partial charge in [-0.05, 0) is 106 Å². The van der Waals surface area contributed by atoms with Gasteiger partial charge in [-0.2, -0.15) is 0 Å². The fraction of sp³-hybridized carbons (Fsp3) is 0.875. The number of nitrogens with zero attached hydrogens (tertiary/aromatic N) is 1. The van der Waals surface area contributed by atoms with Crippen molar-refractivity contribution in [1.82, 2.24) is 5.16 Å². The Morgan fingerprint density at radius 3 is 2.48 bits per heavy atom. The third kappa shape index (κ3) is 2.59. The molecule has 150 valence electrons. The van der Waals surface area contributed by atoms with Crippen LogP contribution in [0, 0.1) is 41.4 Å². The Morgan fingerprint density at radius 1 is 0.963 bits per heavy atom. The van der Waals surface area contributed by atoms with Crippen molar-refractivity contribution in [2.24, 2.45) is 34.5 Å². The fourth-order valence-electron chi connectivity index (χ4n) is 8.47. The van der Waals surface area contributed by atoms with Gasteiger partial charge in [0.1, 0.15) is 5.76 Å². The first-order valence-corrected chi connectivity index (χ1v) is 11.4. The Hall–Kier alpha value is -0.830. The number of aryl methyl sites for hydroxylation is 1. The van der Waals surface area contributed by atoms with Crippen LogP contribution in [0.25, 0.3) is 0 Å². The van der Waals surface area contributed by atoms with E-state index in [1.807, 2.05) is 6.92 Å². The van der Waals surface area contributed by atoms with Crippen molar-refractivity contribution in [3.63, 3.8) is 0 Å². The van der Waals surface area contributed by atoms with E-state index in [4.69, 9.17) is 4.52 Å². The lowest BCUT2D eigenvalue weighted by molar-refractivity contribution is -0.143. The molecular formula is C24H37NO2. The molecular weight excluding hydrogens is 334 g/mol. The molecule has 0 aliphatic heterocycles. The summed E-state index contributed by atoms with van der Waals surface area (Å²) < 4.78 is 5.44. The van der Waals surface area contributed by atoms with E-state index in [1.165, 1.54) is 50.6 Å². The molecule has 2 unspecified atom stereocenters. The van der Waals surface area contributed by atoms with Crippen LogP contribution < -0.4 is 0 Å². The zero-order chi connectivity index (χ0) is 19.0. The normalized spacial score (nSPS) is 52.1. The van der Waals surface area contributed by atoms with E-state index in [0.29, 0.717) is 16.7 Å². The Balaban J connectivity index is 1.42.